The van der Waals surface area contributed by atoms with Gasteiger partial charge in [0.25, 0.3) is 10.0 Å². The SMILES string of the molecule is Cc1ccc2cc(S(=O)(=O)Nc3cccc(C(F)(F)F)c3)ccc2c1. The zero-order chi connectivity index (χ0) is 18.2. The van der Waals surface area contributed by atoms with Crippen LogP contribution in [0.1, 0.15) is 11.1 Å². The van der Waals surface area contributed by atoms with Gasteiger partial charge in [-0.3, -0.25) is 4.72 Å². The number of halogens is 3. The number of anilines is 1. The lowest BCUT2D eigenvalue weighted by molar-refractivity contribution is -0.137. The molecule has 0 atom stereocenters. The highest BCUT2D eigenvalue weighted by Crippen LogP contribution is 2.31. The van der Waals surface area contributed by atoms with Gasteiger partial charge >= 0.3 is 6.18 Å². The molecule has 0 amide bonds. The predicted octanol–water partition coefficient (Wildman–Crippen LogP) is 4.97. The van der Waals surface area contributed by atoms with Crippen molar-refractivity contribution in [3.8, 4) is 0 Å². The Kier molecular flexibility index (Phi) is 4.20. The van der Waals surface area contributed by atoms with Crippen LogP contribution in [0.15, 0.2) is 65.6 Å². The molecule has 0 spiro atoms. The molecule has 0 heterocycles. The highest BCUT2D eigenvalue weighted by Gasteiger charge is 2.30. The Morgan fingerprint density at radius 1 is 0.880 bits per heavy atom. The van der Waals surface area contributed by atoms with Crippen molar-refractivity contribution in [2.24, 2.45) is 0 Å². The molecule has 3 aromatic rings. The lowest BCUT2D eigenvalue weighted by atomic mass is 10.1. The Bertz CT molecular complexity index is 1040. The maximum Gasteiger partial charge on any atom is 0.416 e. The Morgan fingerprint density at radius 2 is 1.56 bits per heavy atom. The molecule has 0 unspecified atom stereocenters. The second-order valence-corrected chi connectivity index (χ2v) is 7.38. The largest absolute Gasteiger partial charge is 0.416 e. The van der Waals surface area contributed by atoms with Crippen molar-refractivity contribution in [1.29, 1.82) is 0 Å². The molecule has 0 aliphatic heterocycles. The maximum absolute atomic E-state index is 12.8. The number of sulfonamides is 1. The molecule has 25 heavy (non-hydrogen) atoms. The summed E-state index contributed by atoms with van der Waals surface area (Å²) in [7, 11) is -3.99. The van der Waals surface area contributed by atoms with Gasteiger partial charge in [-0.25, -0.2) is 8.42 Å². The van der Waals surface area contributed by atoms with Gasteiger partial charge in [-0.15, -0.1) is 0 Å². The number of fused-ring (bicyclic) bond motifs is 1. The van der Waals surface area contributed by atoms with E-state index in [0.29, 0.717) is 0 Å². The van der Waals surface area contributed by atoms with Crippen molar-refractivity contribution in [1.82, 2.24) is 0 Å². The van der Waals surface area contributed by atoms with Crippen LogP contribution in [0, 0.1) is 6.92 Å². The first-order chi connectivity index (χ1) is 11.6. The molecule has 3 rings (SSSR count). The second kappa shape index (κ2) is 6.07. The molecule has 0 saturated heterocycles. The fourth-order valence-corrected chi connectivity index (χ4v) is 3.57. The summed E-state index contributed by atoms with van der Waals surface area (Å²) in [6, 6.07) is 14.3. The molecular formula is C18H14F3NO2S. The average molecular weight is 365 g/mol. The third-order valence-corrected chi connectivity index (χ3v) is 5.10. The summed E-state index contributed by atoms with van der Waals surface area (Å²) in [6.07, 6.45) is -4.54. The van der Waals surface area contributed by atoms with E-state index in [-0.39, 0.29) is 10.6 Å². The number of aryl methyl sites for hydroxylation is 1. The van der Waals surface area contributed by atoms with Gasteiger partial charge in [0.1, 0.15) is 0 Å². The Morgan fingerprint density at radius 3 is 2.28 bits per heavy atom. The first kappa shape index (κ1) is 17.3. The van der Waals surface area contributed by atoms with Gasteiger partial charge in [0, 0.05) is 5.69 Å². The highest BCUT2D eigenvalue weighted by molar-refractivity contribution is 7.92. The minimum Gasteiger partial charge on any atom is -0.280 e. The quantitative estimate of drug-likeness (QED) is 0.712. The van der Waals surface area contributed by atoms with Gasteiger partial charge in [0.2, 0.25) is 0 Å². The first-order valence-corrected chi connectivity index (χ1v) is 8.84. The van der Waals surface area contributed by atoms with Crippen molar-refractivity contribution in [2.45, 2.75) is 18.0 Å². The number of alkyl halides is 3. The van der Waals surface area contributed by atoms with Gasteiger partial charge in [0.05, 0.1) is 10.5 Å². The smallest absolute Gasteiger partial charge is 0.280 e. The molecule has 0 aliphatic rings. The van der Waals surface area contributed by atoms with Gasteiger partial charge in [0.15, 0.2) is 0 Å². The molecule has 1 N–H and O–H groups in total. The Hall–Kier alpha value is -2.54. The topological polar surface area (TPSA) is 46.2 Å². The highest BCUT2D eigenvalue weighted by atomic mass is 32.2. The normalized spacial score (nSPS) is 12.3. The zero-order valence-electron chi connectivity index (χ0n) is 13.1. The van der Waals surface area contributed by atoms with E-state index in [0.717, 1.165) is 34.5 Å². The molecule has 0 saturated carbocycles. The molecule has 0 radical (unpaired) electrons. The van der Waals surface area contributed by atoms with Crippen molar-refractivity contribution in [3.05, 3.63) is 71.8 Å². The lowest BCUT2D eigenvalue weighted by Gasteiger charge is -2.12. The van der Waals surface area contributed by atoms with E-state index in [9.17, 15) is 21.6 Å². The second-order valence-electron chi connectivity index (χ2n) is 5.70. The van der Waals surface area contributed by atoms with Crippen molar-refractivity contribution >= 4 is 26.5 Å². The summed E-state index contributed by atoms with van der Waals surface area (Å²) < 4.78 is 65.4. The molecule has 3 aromatic carbocycles. The third-order valence-electron chi connectivity index (χ3n) is 3.72. The Balaban J connectivity index is 1.96. The average Bonchev–Trinajstić information content (AvgIpc) is 2.53. The van der Waals surface area contributed by atoms with E-state index in [1.165, 1.54) is 18.2 Å². The summed E-state index contributed by atoms with van der Waals surface area (Å²) in [6.45, 7) is 1.93. The summed E-state index contributed by atoms with van der Waals surface area (Å²) in [5.41, 5.74) is -0.00860. The van der Waals surface area contributed by atoms with E-state index in [1.807, 2.05) is 19.1 Å². The van der Waals surface area contributed by atoms with Crippen LogP contribution < -0.4 is 4.72 Å². The summed E-state index contributed by atoms with van der Waals surface area (Å²) >= 11 is 0. The van der Waals surface area contributed by atoms with Crippen molar-refractivity contribution in [3.63, 3.8) is 0 Å². The summed E-state index contributed by atoms with van der Waals surface area (Å²) in [5.74, 6) is 0. The van der Waals surface area contributed by atoms with Gasteiger partial charge in [-0.2, -0.15) is 13.2 Å². The van der Waals surface area contributed by atoms with Crippen LogP contribution in [0.3, 0.4) is 0 Å². The van der Waals surface area contributed by atoms with E-state index in [4.69, 9.17) is 0 Å². The number of benzene rings is 3. The molecule has 0 aromatic heterocycles. The first-order valence-electron chi connectivity index (χ1n) is 7.36. The molecule has 0 fully saturated rings. The number of nitrogens with one attached hydrogen (secondary N) is 1. The number of hydrogen-bond donors (Lipinski definition) is 1. The van der Waals surface area contributed by atoms with Crippen LogP contribution in [0.25, 0.3) is 10.8 Å². The van der Waals surface area contributed by atoms with Crippen LogP contribution in [0.2, 0.25) is 0 Å². The number of hydrogen-bond acceptors (Lipinski definition) is 2. The van der Waals surface area contributed by atoms with Crippen LogP contribution in [-0.2, 0) is 16.2 Å². The van der Waals surface area contributed by atoms with E-state index in [2.05, 4.69) is 4.72 Å². The standard InChI is InChI=1S/C18H14F3NO2S/c1-12-5-6-14-10-17(8-7-13(14)9-12)25(23,24)22-16-4-2-3-15(11-16)18(19,20)21/h2-11,22H,1H3. The molecule has 0 bridgehead atoms. The Labute approximate surface area is 143 Å². The fourth-order valence-electron chi connectivity index (χ4n) is 2.48. The van der Waals surface area contributed by atoms with Crippen LogP contribution >= 0.6 is 0 Å². The van der Waals surface area contributed by atoms with Crippen molar-refractivity contribution in [2.75, 3.05) is 4.72 Å². The van der Waals surface area contributed by atoms with E-state index < -0.39 is 21.8 Å². The molecule has 0 aliphatic carbocycles. The van der Waals surface area contributed by atoms with Gasteiger partial charge in [-0.05, 0) is 48.0 Å². The molecular weight excluding hydrogens is 351 g/mol. The molecule has 7 heteroatoms. The lowest BCUT2D eigenvalue weighted by Crippen LogP contribution is -2.14. The summed E-state index contributed by atoms with van der Waals surface area (Å²) in [5, 5.41) is 1.62. The predicted molar refractivity (Wildman–Crippen MR) is 90.9 cm³/mol. The minimum absolute atomic E-state index is 0.0127. The number of rotatable bonds is 3. The fraction of sp³-hybridized carbons (Fsp3) is 0.111. The van der Waals surface area contributed by atoms with Gasteiger partial charge in [-0.1, -0.05) is 35.9 Å². The molecule has 130 valence electrons. The summed E-state index contributed by atoms with van der Waals surface area (Å²) in [4.78, 5) is -0.0127. The minimum atomic E-state index is -4.54. The van der Waals surface area contributed by atoms with E-state index >= 15 is 0 Å². The van der Waals surface area contributed by atoms with Gasteiger partial charge < -0.3 is 0 Å². The van der Waals surface area contributed by atoms with Crippen LogP contribution in [0.5, 0.6) is 0 Å². The maximum atomic E-state index is 12.8. The van der Waals surface area contributed by atoms with Crippen LogP contribution in [0.4, 0.5) is 18.9 Å². The van der Waals surface area contributed by atoms with Crippen molar-refractivity contribution < 1.29 is 21.6 Å². The third kappa shape index (κ3) is 3.76. The molecule has 3 nitrogen and oxygen atoms in total. The monoisotopic (exact) mass is 365 g/mol. The van der Waals surface area contributed by atoms with Crippen LogP contribution in [-0.4, -0.2) is 8.42 Å². The van der Waals surface area contributed by atoms with E-state index in [1.54, 1.807) is 12.1 Å². The zero-order valence-corrected chi connectivity index (χ0v) is 13.9.